The number of rotatable bonds is 1. The van der Waals surface area contributed by atoms with Gasteiger partial charge in [0.1, 0.15) is 0 Å². The van der Waals surface area contributed by atoms with Gasteiger partial charge in [-0.3, -0.25) is 0 Å². The Hall–Kier alpha value is -0.340. The highest BCUT2D eigenvalue weighted by atomic mass is 36.0. The van der Waals surface area contributed by atoms with Crippen LogP contribution in [-0.4, -0.2) is 16.8 Å². The van der Waals surface area contributed by atoms with E-state index in [1.165, 1.54) is 12.1 Å². The maximum absolute atomic E-state index is 10.6. The van der Waals surface area contributed by atoms with Crippen LogP contribution in [0.15, 0.2) is 35.2 Å². The molecule has 0 saturated carbocycles. The zero-order valence-corrected chi connectivity index (χ0v) is 10.3. The summed E-state index contributed by atoms with van der Waals surface area (Å²) in [6.07, 6.45) is 0. The Balaban J connectivity index is 0.000000336. The fraction of sp³-hybridized carbons (Fsp3) is 0. The molecule has 0 aliphatic rings. The first kappa shape index (κ1) is 14.7. The van der Waals surface area contributed by atoms with Gasteiger partial charge in [-0.1, -0.05) is 18.2 Å². The van der Waals surface area contributed by atoms with E-state index < -0.39 is 18.3 Å². The van der Waals surface area contributed by atoms with Gasteiger partial charge in [-0.05, 0) is 12.1 Å². The van der Waals surface area contributed by atoms with Crippen LogP contribution in [0.4, 0.5) is 0 Å². The second-order valence-electron chi connectivity index (χ2n) is 2.24. The van der Waals surface area contributed by atoms with Crippen molar-refractivity contribution in [1.82, 2.24) is 0 Å². The number of nitrogens with two attached hydrogens (primary N) is 1. The lowest BCUT2D eigenvalue weighted by atomic mass is 10.4. The third-order valence-electron chi connectivity index (χ3n) is 1.07. The zero-order chi connectivity index (χ0) is 12.1. The smallest absolute Gasteiger partial charge is 0.225 e. The summed E-state index contributed by atoms with van der Waals surface area (Å²) in [4.78, 5) is 0.148. The molecule has 0 unspecified atom stereocenters. The molecule has 0 aliphatic carbocycles. The van der Waals surface area contributed by atoms with E-state index in [0.717, 1.165) is 0 Å². The number of primary sulfonamides is 1. The van der Waals surface area contributed by atoms with Crippen LogP contribution < -0.4 is 5.14 Å². The number of hydrogen-bond donors (Lipinski definition) is 1. The van der Waals surface area contributed by atoms with E-state index in [1.807, 2.05) is 0 Å². The Bertz CT molecular complexity index is 489. The van der Waals surface area contributed by atoms with Crippen LogP contribution in [0.3, 0.4) is 0 Å². The molecule has 1 aromatic carbocycles. The predicted octanol–water partition coefficient (Wildman–Crippen LogP) is 1.04. The summed E-state index contributed by atoms with van der Waals surface area (Å²) < 4.78 is 39.5. The summed E-state index contributed by atoms with van der Waals surface area (Å²) in [5.74, 6) is 0. The van der Waals surface area contributed by atoms with Crippen LogP contribution in [0, 0.1) is 0 Å². The SMILES string of the molecule is NS(=O)(=O)c1ccccc1.O=S(=O)(Cl)Cl. The summed E-state index contributed by atoms with van der Waals surface area (Å²) in [5.41, 5.74) is 0. The molecule has 0 bridgehead atoms. The largest absolute Gasteiger partial charge is 0.317 e. The summed E-state index contributed by atoms with van der Waals surface area (Å²) >= 11 is 0. The third kappa shape index (κ3) is 9.95. The van der Waals surface area contributed by atoms with E-state index in [2.05, 4.69) is 21.4 Å². The van der Waals surface area contributed by atoms with Gasteiger partial charge in [0.25, 0.3) is 0 Å². The lowest BCUT2D eigenvalue weighted by Gasteiger charge is -1.93. The van der Waals surface area contributed by atoms with Gasteiger partial charge in [-0.25, -0.2) is 13.6 Å². The van der Waals surface area contributed by atoms with Gasteiger partial charge in [0.15, 0.2) is 0 Å². The molecule has 5 nitrogen and oxygen atoms in total. The van der Waals surface area contributed by atoms with Crippen molar-refractivity contribution in [2.45, 2.75) is 4.90 Å². The molecule has 86 valence electrons. The summed E-state index contributed by atoms with van der Waals surface area (Å²) in [6, 6.07) is 7.89. The first-order valence-corrected chi connectivity index (χ1v) is 8.01. The monoisotopic (exact) mass is 291 g/mol. The highest BCUT2D eigenvalue weighted by Gasteiger charge is 2.03. The van der Waals surface area contributed by atoms with E-state index in [0.29, 0.717) is 0 Å². The average Bonchev–Trinajstić information content (AvgIpc) is 2.01. The molecule has 2 N–H and O–H groups in total. The Kier molecular flexibility index (Phi) is 5.54. The fourth-order valence-corrected chi connectivity index (χ4v) is 1.15. The molecule has 0 amide bonds. The Morgan fingerprint density at radius 2 is 1.27 bits per heavy atom. The van der Waals surface area contributed by atoms with Crippen molar-refractivity contribution in [3.05, 3.63) is 30.3 Å². The Morgan fingerprint density at radius 1 is 0.933 bits per heavy atom. The minimum absolute atomic E-state index is 0.148. The van der Waals surface area contributed by atoms with Crippen LogP contribution in [-0.2, 0) is 18.3 Å². The lowest BCUT2D eigenvalue weighted by Crippen LogP contribution is -2.11. The summed E-state index contributed by atoms with van der Waals surface area (Å²) in [6.45, 7) is 0. The van der Waals surface area contributed by atoms with Crippen LogP contribution in [0.5, 0.6) is 0 Å². The molecule has 0 heterocycles. The molecule has 0 aromatic heterocycles. The first-order chi connectivity index (χ1) is 6.61. The Labute approximate surface area is 96.8 Å². The van der Waals surface area contributed by atoms with E-state index in [1.54, 1.807) is 18.2 Å². The average molecular weight is 292 g/mol. The van der Waals surface area contributed by atoms with Crippen LogP contribution >= 0.6 is 21.4 Å². The van der Waals surface area contributed by atoms with Crippen LogP contribution in [0.25, 0.3) is 0 Å². The quantitative estimate of drug-likeness (QED) is 0.782. The van der Waals surface area contributed by atoms with E-state index in [9.17, 15) is 8.42 Å². The van der Waals surface area contributed by atoms with Gasteiger partial charge in [-0.2, -0.15) is 8.42 Å². The molecule has 0 spiro atoms. The van der Waals surface area contributed by atoms with Crippen LogP contribution in [0.2, 0.25) is 0 Å². The minimum Gasteiger partial charge on any atom is -0.225 e. The van der Waals surface area contributed by atoms with Gasteiger partial charge in [0.05, 0.1) is 4.90 Å². The van der Waals surface area contributed by atoms with Gasteiger partial charge >= 0.3 is 8.26 Å². The fourth-order valence-electron chi connectivity index (χ4n) is 0.610. The maximum Gasteiger partial charge on any atom is 0.317 e. The summed E-state index contributed by atoms with van der Waals surface area (Å²) in [7, 11) is 1.31. The molecule has 9 heteroatoms. The molecule has 0 radical (unpaired) electrons. The summed E-state index contributed by atoms with van der Waals surface area (Å²) in [5, 5.41) is 4.83. The molecule has 15 heavy (non-hydrogen) atoms. The van der Waals surface area contributed by atoms with Gasteiger partial charge in [-0.15, -0.1) is 0 Å². The minimum atomic E-state index is -3.72. The van der Waals surface area contributed by atoms with Gasteiger partial charge in [0.2, 0.25) is 10.0 Å². The van der Waals surface area contributed by atoms with Crippen molar-refractivity contribution in [3.63, 3.8) is 0 Å². The highest BCUT2D eigenvalue weighted by Crippen LogP contribution is 2.03. The van der Waals surface area contributed by atoms with E-state index >= 15 is 0 Å². The number of hydrogen-bond acceptors (Lipinski definition) is 4. The lowest BCUT2D eigenvalue weighted by molar-refractivity contribution is 0.597. The number of sulfonamides is 1. The van der Waals surface area contributed by atoms with Gasteiger partial charge < -0.3 is 0 Å². The molecule has 1 aromatic rings. The third-order valence-corrected chi connectivity index (χ3v) is 2.00. The molecule has 0 saturated heterocycles. The van der Waals surface area contributed by atoms with E-state index in [4.69, 9.17) is 13.6 Å². The Morgan fingerprint density at radius 3 is 1.47 bits per heavy atom. The standard InChI is InChI=1S/C6H7NO2S.Cl2O2S/c7-10(8,9)6-4-2-1-3-5-6;1-5(2,3)4/h1-5H,(H2,7,8,9);. The zero-order valence-electron chi connectivity index (χ0n) is 7.17. The highest BCUT2D eigenvalue weighted by molar-refractivity contribution is 8.31. The molecular weight excluding hydrogens is 285 g/mol. The first-order valence-electron chi connectivity index (χ1n) is 3.33. The molecule has 0 fully saturated rings. The van der Waals surface area contributed by atoms with Crippen molar-refractivity contribution in [2.24, 2.45) is 5.14 Å². The molecule has 0 aliphatic heterocycles. The molecular formula is C6H7Cl2NO4S2. The van der Waals surface area contributed by atoms with Crippen molar-refractivity contribution in [3.8, 4) is 0 Å². The second-order valence-corrected chi connectivity index (χ2v) is 7.47. The number of benzene rings is 1. The maximum atomic E-state index is 10.6. The van der Waals surface area contributed by atoms with E-state index in [-0.39, 0.29) is 4.90 Å². The predicted molar refractivity (Wildman–Crippen MR) is 58.4 cm³/mol. The molecule has 0 atom stereocenters. The van der Waals surface area contributed by atoms with Gasteiger partial charge in [0, 0.05) is 21.4 Å². The van der Waals surface area contributed by atoms with Crippen molar-refractivity contribution >= 4 is 39.7 Å². The topological polar surface area (TPSA) is 94.3 Å². The van der Waals surface area contributed by atoms with Crippen molar-refractivity contribution < 1.29 is 16.8 Å². The van der Waals surface area contributed by atoms with Crippen molar-refractivity contribution in [2.75, 3.05) is 0 Å². The van der Waals surface area contributed by atoms with Crippen molar-refractivity contribution in [1.29, 1.82) is 0 Å². The van der Waals surface area contributed by atoms with Crippen LogP contribution in [0.1, 0.15) is 0 Å². The normalized spacial score (nSPS) is 11.4. The second kappa shape index (κ2) is 5.66. The number of halogens is 2. The molecule has 1 rings (SSSR count).